The molecule has 4 aromatic rings. The van der Waals surface area contributed by atoms with E-state index in [1.54, 1.807) is 36.5 Å². The fourth-order valence-electron chi connectivity index (χ4n) is 4.87. The van der Waals surface area contributed by atoms with Gasteiger partial charge in [-0.3, -0.25) is 19.2 Å². The number of carboxylic acid groups (broad SMARTS) is 2. The quantitative estimate of drug-likeness (QED) is 0.0880. The van der Waals surface area contributed by atoms with Crippen molar-refractivity contribution < 1.29 is 34.2 Å². The summed E-state index contributed by atoms with van der Waals surface area (Å²) < 4.78 is 0. The maximum absolute atomic E-state index is 13.5. The molecule has 9 N–H and O–H groups in total. The first-order valence-electron chi connectivity index (χ1n) is 14.3. The Hall–Kier alpha value is -5.50. The second-order valence-corrected chi connectivity index (χ2v) is 10.6. The monoisotopic (exact) mass is 617 g/mol. The first kappa shape index (κ1) is 32.4. The Morgan fingerprint density at radius 2 is 1.44 bits per heavy atom. The molecule has 0 saturated heterocycles. The van der Waals surface area contributed by atoms with Crippen LogP contribution < -0.4 is 21.7 Å². The summed E-state index contributed by atoms with van der Waals surface area (Å²) >= 11 is 0. The lowest BCUT2D eigenvalue weighted by Crippen LogP contribution is -2.58. The zero-order chi connectivity index (χ0) is 32.3. The number of H-pyrrole nitrogens is 2. The van der Waals surface area contributed by atoms with Crippen molar-refractivity contribution in [2.75, 3.05) is 0 Å². The summed E-state index contributed by atoms with van der Waals surface area (Å²) in [7, 11) is 0. The SMILES string of the molecule is NC(Cc1c[nH]c2ccccc12)C(=O)NC(CCC(=O)O)C(=O)NC(Cc1ccccc1)C(=O)NC(Cc1cnc[nH]1)C(=O)O. The van der Waals surface area contributed by atoms with Crippen molar-refractivity contribution in [3.05, 3.63) is 90.1 Å². The van der Waals surface area contributed by atoms with Gasteiger partial charge in [-0.1, -0.05) is 48.5 Å². The number of aromatic amines is 2. The molecule has 0 aliphatic rings. The predicted molar refractivity (Wildman–Crippen MR) is 163 cm³/mol. The molecule has 0 radical (unpaired) electrons. The van der Waals surface area contributed by atoms with E-state index in [1.165, 1.54) is 12.5 Å². The number of nitrogens with zero attached hydrogens (tertiary/aromatic N) is 1. The summed E-state index contributed by atoms with van der Waals surface area (Å²) in [6.07, 6.45) is 3.90. The van der Waals surface area contributed by atoms with E-state index in [0.717, 1.165) is 16.5 Å². The summed E-state index contributed by atoms with van der Waals surface area (Å²) in [5.74, 6) is -4.76. The van der Waals surface area contributed by atoms with Crippen LogP contribution >= 0.6 is 0 Å². The Labute approximate surface area is 257 Å². The number of aromatic nitrogens is 3. The number of benzene rings is 2. The van der Waals surface area contributed by atoms with E-state index in [-0.39, 0.29) is 25.7 Å². The third kappa shape index (κ3) is 9.24. The van der Waals surface area contributed by atoms with Crippen LogP contribution in [-0.2, 0) is 43.2 Å². The van der Waals surface area contributed by atoms with Crippen LogP contribution in [0.1, 0.15) is 29.7 Å². The number of fused-ring (bicyclic) bond motifs is 1. The molecule has 0 fully saturated rings. The van der Waals surface area contributed by atoms with Crippen LogP contribution in [0.25, 0.3) is 10.9 Å². The molecular weight excluding hydrogens is 582 g/mol. The molecule has 236 valence electrons. The summed E-state index contributed by atoms with van der Waals surface area (Å²) in [6, 6.07) is 11.2. The highest BCUT2D eigenvalue weighted by Gasteiger charge is 2.31. The largest absolute Gasteiger partial charge is 0.481 e. The van der Waals surface area contributed by atoms with Crippen LogP contribution in [0.3, 0.4) is 0 Å². The minimum Gasteiger partial charge on any atom is -0.481 e. The molecule has 45 heavy (non-hydrogen) atoms. The van der Waals surface area contributed by atoms with Crippen LogP contribution in [-0.4, -0.2) is 79.0 Å². The molecular formula is C31H35N7O7. The second-order valence-electron chi connectivity index (χ2n) is 10.6. The van der Waals surface area contributed by atoms with E-state index in [9.17, 15) is 34.2 Å². The van der Waals surface area contributed by atoms with Gasteiger partial charge in [0.05, 0.1) is 12.4 Å². The lowest BCUT2D eigenvalue weighted by molar-refractivity contribution is -0.142. The number of nitrogens with one attached hydrogen (secondary N) is 5. The van der Waals surface area contributed by atoms with E-state index >= 15 is 0 Å². The number of nitrogens with two attached hydrogens (primary N) is 1. The van der Waals surface area contributed by atoms with Gasteiger partial charge in [0.2, 0.25) is 17.7 Å². The Morgan fingerprint density at radius 3 is 2.13 bits per heavy atom. The molecule has 2 aromatic carbocycles. The Bertz CT molecular complexity index is 1620. The first-order valence-corrected chi connectivity index (χ1v) is 14.3. The molecule has 2 aromatic heterocycles. The van der Waals surface area contributed by atoms with Crippen molar-refractivity contribution >= 4 is 40.6 Å². The molecule has 3 amide bonds. The van der Waals surface area contributed by atoms with E-state index in [0.29, 0.717) is 11.3 Å². The second kappa shape index (κ2) is 15.3. The van der Waals surface area contributed by atoms with Gasteiger partial charge in [-0.25, -0.2) is 9.78 Å². The zero-order valence-corrected chi connectivity index (χ0v) is 24.2. The predicted octanol–water partition coefficient (Wildman–Crippen LogP) is 0.650. The summed E-state index contributed by atoms with van der Waals surface area (Å²) in [6.45, 7) is 0. The summed E-state index contributed by atoms with van der Waals surface area (Å²) in [4.78, 5) is 73.1. The number of rotatable bonds is 16. The van der Waals surface area contributed by atoms with Crippen LogP contribution in [0, 0.1) is 0 Å². The highest BCUT2D eigenvalue weighted by atomic mass is 16.4. The van der Waals surface area contributed by atoms with Gasteiger partial charge in [-0.05, 0) is 30.0 Å². The molecule has 0 bridgehead atoms. The van der Waals surface area contributed by atoms with Crippen LogP contribution in [0.2, 0.25) is 0 Å². The van der Waals surface area contributed by atoms with Crippen molar-refractivity contribution in [3.63, 3.8) is 0 Å². The van der Waals surface area contributed by atoms with Gasteiger partial charge in [0.15, 0.2) is 0 Å². The number of hydrogen-bond acceptors (Lipinski definition) is 7. The number of para-hydroxylation sites is 1. The fraction of sp³-hybridized carbons (Fsp3) is 0.290. The van der Waals surface area contributed by atoms with Crippen LogP contribution in [0.4, 0.5) is 0 Å². The number of carboxylic acids is 2. The minimum absolute atomic E-state index is 0.00547. The lowest BCUT2D eigenvalue weighted by atomic mass is 10.0. The molecule has 0 aliphatic heterocycles. The van der Waals surface area contributed by atoms with Gasteiger partial charge in [0, 0.05) is 48.3 Å². The third-order valence-corrected chi connectivity index (χ3v) is 7.24. The molecule has 4 rings (SSSR count). The molecule has 0 spiro atoms. The number of aliphatic carboxylic acids is 2. The maximum Gasteiger partial charge on any atom is 0.326 e. The van der Waals surface area contributed by atoms with Crippen molar-refractivity contribution in [1.82, 2.24) is 30.9 Å². The lowest BCUT2D eigenvalue weighted by Gasteiger charge is -2.25. The Morgan fingerprint density at radius 1 is 0.778 bits per heavy atom. The number of amides is 3. The highest BCUT2D eigenvalue weighted by molar-refractivity contribution is 5.94. The third-order valence-electron chi connectivity index (χ3n) is 7.24. The smallest absolute Gasteiger partial charge is 0.326 e. The molecule has 14 heteroatoms. The zero-order valence-electron chi connectivity index (χ0n) is 24.2. The van der Waals surface area contributed by atoms with Crippen molar-refractivity contribution in [1.29, 1.82) is 0 Å². The average Bonchev–Trinajstić information content (AvgIpc) is 3.69. The van der Waals surface area contributed by atoms with Gasteiger partial charge in [-0.15, -0.1) is 0 Å². The van der Waals surface area contributed by atoms with Gasteiger partial charge >= 0.3 is 11.9 Å². The number of hydrogen-bond donors (Lipinski definition) is 8. The molecule has 14 nitrogen and oxygen atoms in total. The molecule has 0 saturated carbocycles. The first-order chi connectivity index (χ1) is 21.6. The molecule has 4 unspecified atom stereocenters. The Balaban J connectivity index is 1.49. The van der Waals surface area contributed by atoms with E-state index < -0.39 is 60.2 Å². The normalized spacial score (nSPS) is 13.7. The maximum atomic E-state index is 13.5. The van der Waals surface area contributed by atoms with Gasteiger partial charge < -0.3 is 41.9 Å². The Kier molecular flexibility index (Phi) is 11.0. The number of carbonyl (C=O) groups is 5. The molecule has 4 atom stereocenters. The average molecular weight is 618 g/mol. The van der Waals surface area contributed by atoms with Crippen LogP contribution in [0.5, 0.6) is 0 Å². The standard InChI is InChI=1S/C31H35N7O7/c32-22(13-19-15-34-23-9-5-4-8-21(19)23)28(41)36-24(10-11-27(39)40)29(42)37-25(12-18-6-2-1-3-7-18)30(43)38-26(31(44)45)14-20-16-33-17-35-20/h1-9,15-17,22,24-26,34H,10-14,32H2,(H,33,35)(H,36,41)(H,37,42)(H,38,43)(H,39,40)(H,44,45). The van der Waals surface area contributed by atoms with Crippen molar-refractivity contribution in [2.45, 2.75) is 56.3 Å². The van der Waals surface area contributed by atoms with Gasteiger partial charge in [-0.2, -0.15) is 0 Å². The van der Waals surface area contributed by atoms with Gasteiger partial charge in [0.1, 0.15) is 18.1 Å². The topological polar surface area (TPSA) is 232 Å². The summed E-state index contributed by atoms with van der Waals surface area (Å²) in [5, 5.41) is 27.5. The fourth-order valence-corrected chi connectivity index (χ4v) is 4.87. The van der Waals surface area contributed by atoms with E-state index in [1.807, 2.05) is 24.3 Å². The van der Waals surface area contributed by atoms with Gasteiger partial charge in [0.25, 0.3) is 0 Å². The summed E-state index contributed by atoms with van der Waals surface area (Å²) in [5.41, 5.74) is 9.01. The van der Waals surface area contributed by atoms with Crippen LogP contribution in [0.15, 0.2) is 73.3 Å². The van der Waals surface area contributed by atoms with E-state index in [4.69, 9.17) is 5.73 Å². The number of carbonyl (C=O) groups excluding carboxylic acids is 3. The van der Waals surface area contributed by atoms with Crippen molar-refractivity contribution in [2.24, 2.45) is 5.73 Å². The van der Waals surface area contributed by atoms with E-state index in [2.05, 4.69) is 30.9 Å². The molecule has 0 aliphatic carbocycles. The highest BCUT2D eigenvalue weighted by Crippen LogP contribution is 2.19. The minimum atomic E-state index is -1.34. The van der Waals surface area contributed by atoms with Crippen molar-refractivity contribution in [3.8, 4) is 0 Å². The number of imidazole rings is 1. The molecule has 2 heterocycles.